The number of furan rings is 1. The predicted octanol–water partition coefficient (Wildman–Crippen LogP) is 3.01. The summed E-state index contributed by atoms with van der Waals surface area (Å²) in [6.07, 6.45) is 5.13. The first kappa shape index (κ1) is 7.13. The third kappa shape index (κ3) is 1.76. The van der Waals surface area contributed by atoms with Crippen molar-refractivity contribution in [3.63, 3.8) is 0 Å². The molecular formula is C9H12O. The molecule has 0 aliphatic rings. The van der Waals surface area contributed by atoms with Crippen molar-refractivity contribution >= 4 is 6.08 Å². The van der Waals surface area contributed by atoms with Crippen molar-refractivity contribution in [3.8, 4) is 0 Å². The maximum atomic E-state index is 5.30. The van der Waals surface area contributed by atoms with Gasteiger partial charge in [-0.25, -0.2) is 0 Å². The Hall–Kier alpha value is -0.980. The van der Waals surface area contributed by atoms with Gasteiger partial charge in [-0.2, -0.15) is 0 Å². The van der Waals surface area contributed by atoms with Crippen molar-refractivity contribution < 1.29 is 4.42 Å². The van der Waals surface area contributed by atoms with Crippen LogP contribution in [0.5, 0.6) is 0 Å². The van der Waals surface area contributed by atoms with Crippen LogP contribution in [-0.4, -0.2) is 0 Å². The summed E-state index contributed by atoms with van der Waals surface area (Å²) in [5.74, 6) is 1.91. The second kappa shape index (κ2) is 3.25. The van der Waals surface area contributed by atoms with Gasteiger partial charge in [0.1, 0.15) is 11.5 Å². The van der Waals surface area contributed by atoms with E-state index in [9.17, 15) is 0 Å². The number of allylic oxidation sites excluding steroid dienone is 1. The molecule has 1 aromatic heterocycles. The molecule has 1 rings (SSSR count). The SMILES string of the molecule is CC/C=C/c1ccc(C)o1. The number of hydrogen-bond donors (Lipinski definition) is 0. The Labute approximate surface area is 61.4 Å². The van der Waals surface area contributed by atoms with Gasteiger partial charge in [0.05, 0.1) is 0 Å². The van der Waals surface area contributed by atoms with E-state index < -0.39 is 0 Å². The molecule has 0 saturated carbocycles. The summed E-state index contributed by atoms with van der Waals surface area (Å²) in [5, 5.41) is 0. The first-order chi connectivity index (χ1) is 4.83. The standard InChI is InChI=1S/C9H12O/c1-3-4-5-9-7-6-8(2)10-9/h4-7H,3H2,1-2H3/b5-4+. The molecule has 0 spiro atoms. The molecule has 0 fully saturated rings. The lowest BCUT2D eigenvalue weighted by molar-refractivity contribution is 0.525. The molecule has 0 atom stereocenters. The summed E-state index contributed by atoms with van der Waals surface area (Å²) >= 11 is 0. The normalized spacial score (nSPS) is 11.0. The number of rotatable bonds is 2. The topological polar surface area (TPSA) is 13.1 Å². The van der Waals surface area contributed by atoms with E-state index in [0.717, 1.165) is 17.9 Å². The molecule has 0 unspecified atom stereocenters. The van der Waals surface area contributed by atoms with E-state index in [4.69, 9.17) is 4.42 Å². The van der Waals surface area contributed by atoms with Gasteiger partial charge < -0.3 is 4.42 Å². The fraction of sp³-hybridized carbons (Fsp3) is 0.333. The minimum atomic E-state index is 0.944. The van der Waals surface area contributed by atoms with Gasteiger partial charge in [-0.15, -0.1) is 0 Å². The lowest BCUT2D eigenvalue weighted by Gasteiger charge is -1.82. The Balaban J connectivity index is 2.67. The summed E-state index contributed by atoms with van der Waals surface area (Å²) in [7, 11) is 0. The molecule has 0 aliphatic carbocycles. The highest BCUT2D eigenvalue weighted by Crippen LogP contribution is 2.07. The maximum absolute atomic E-state index is 5.30. The minimum Gasteiger partial charge on any atom is -0.462 e. The second-order valence-electron chi connectivity index (χ2n) is 2.26. The van der Waals surface area contributed by atoms with Gasteiger partial charge in [-0.3, -0.25) is 0 Å². The Morgan fingerprint density at radius 2 is 2.30 bits per heavy atom. The van der Waals surface area contributed by atoms with Crippen LogP contribution < -0.4 is 0 Å². The highest BCUT2D eigenvalue weighted by molar-refractivity contribution is 5.42. The highest BCUT2D eigenvalue weighted by atomic mass is 16.3. The zero-order valence-corrected chi connectivity index (χ0v) is 6.42. The van der Waals surface area contributed by atoms with E-state index in [1.165, 1.54) is 0 Å². The van der Waals surface area contributed by atoms with Crippen LogP contribution in [0.15, 0.2) is 22.6 Å². The maximum Gasteiger partial charge on any atom is 0.126 e. The quantitative estimate of drug-likeness (QED) is 0.609. The van der Waals surface area contributed by atoms with Crippen molar-refractivity contribution in [2.75, 3.05) is 0 Å². The first-order valence-corrected chi connectivity index (χ1v) is 3.56. The highest BCUT2D eigenvalue weighted by Gasteiger charge is 1.90. The molecule has 0 aromatic carbocycles. The van der Waals surface area contributed by atoms with E-state index in [-0.39, 0.29) is 0 Å². The first-order valence-electron chi connectivity index (χ1n) is 3.56. The van der Waals surface area contributed by atoms with E-state index in [0.29, 0.717) is 0 Å². The summed E-state index contributed by atoms with van der Waals surface area (Å²) < 4.78 is 5.30. The predicted molar refractivity (Wildman–Crippen MR) is 42.8 cm³/mol. The zero-order valence-electron chi connectivity index (χ0n) is 6.42. The van der Waals surface area contributed by atoms with Gasteiger partial charge in [-0.05, 0) is 31.6 Å². The molecule has 1 nitrogen and oxygen atoms in total. The van der Waals surface area contributed by atoms with Crippen LogP contribution in [0.2, 0.25) is 0 Å². The van der Waals surface area contributed by atoms with Crippen molar-refractivity contribution in [2.24, 2.45) is 0 Å². The molecule has 54 valence electrons. The summed E-state index contributed by atoms with van der Waals surface area (Å²) in [4.78, 5) is 0. The molecule has 1 aromatic rings. The molecule has 1 heteroatoms. The van der Waals surface area contributed by atoms with Gasteiger partial charge in [0.2, 0.25) is 0 Å². The van der Waals surface area contributed by atoms with Crippen LogP contribution in [0.4, 0.5) is 0 Å². The fourth-order valence-electron chi connectivity index (χ4n) is 0.777. The monoisotopic (exact) mass is 136 g/mol. The Bertz CT molecular complexity index is 220. The van der Waals surface area contributed by atoms with Gasteiger partial charge in [-0.1, -0.05) is 13.0 Å². The van der Waals surface area contributed by atoms with Gasteiger partial charge >= 0.3 is 0 Å². The average molecular weight is 136 g/mol. The number of aryl methyl sites for hydroxylation is 1. The van der Waals surface area contributed by atoms with Crippen LogP contribution in [0, 0.1) is 6.92 Å². The minimum absolute atomic E-state index is 0.944. The van der Waals surface area contributed by atoms with Gasteiger partial charge in [0.25, 0.3) is 0 Å². The van der Waals surface area contributed by atoms with E-state index in [1.807, 2.05) is 25.1 Å². The van der Waals surface area contributed by atoms with Gasteiger partial charge in [0.15, 0.2) is 0 Å². The van der Waals surface area contributed by atoms with E-state index >= 15 is 0 Å². The fourth-order valence-corrected chi connectivity index (χ4v) is 0.777. The van der Waals surface area contributed by atoms with Crippen molar-refractivity contribution in [3.05, 3.63) is 29.7 Å². The largest absolute Gasteiger partial charge is 0.462 e. The molecule has 1 heterocycles. The molecular weight excluding hydrogens is 124 g/mol. The Morgan fingerprint density at radius 3 is 2.80 bits per heavy atom. The van der Waals surface area contributed by atoms with Crippen molar-refractivity contribution in [1.29, 1.82) is 0 Å². The van der Waals surface area contributed by atoms with Gasteiger partial charge in [0, 0.05) is 0 Å². The molecule has 0 N–H and O–H groups in total. The lowest BCUT2D eigenvalue weighted by Crippen LogP contribution is -1.59. The second-order valence-corrected chi connectivity index (χ2v) is 2.26. The van der Waals surface area contributed by atoms with Crippen molar-refractivity contribution in [2.45, 2.75) is 20.3 Å². The molecule has 0 radical (unpaired) electrons. The van der Waals surface area contributed by atoms with Crippen LogP contribution in [0.25, 0.3) is 6.08 Å². The Kier molecular flexibility index (Phi) is 2.32. The smallest absolute Gasteiger partial charge is 0.126 e. The third-order valence-corrected chi connectivity index (χ3v) is 1.28. The van der Waals surface area contributed by atoms with E-state index in [1.54, 1.807) is 0 Å². The molecule has 0 bridgehead atoms. The summed E-state index contributed by atoms with van der Waals surface area (Å²) in [6, 6.07) is 3.94. The molecule has 10 heavy (non-hydrogen) atoms. The number of hydrogen-bond acceptors (Lipinski definition) is 1. The molecule has 0 saturated heterocycles. The van der Waals surface area contributed by atoms with Crippen LogP contribution in [-0.2, 0) is 0 Å². The summed E-state index contributed by atoms with van der Waals surface area (Å²) in [6.45, 7) is 4.05. The molecule has 0 aliphatic heterocycles. The molecule has 0 amide bonds. The Morgan fingerprint density at radius 1 is 1.50 bits per heavy atom. The van der Waals surface area contributed by atoms with E-state index in [2.05, 4.69) is 13.0 Å². The summed E-state index contributed by atoms with van der Waals surface area (Å²) in [5.41, 5.74) is 0. The van der Waals surface area contributed by atoms with Crippen LogP contribution in [0.3, 0.4) is 0 Å². The zero-order chi connectivity index (χ0) is 7.40. The van der Waals surface area contributed by atoms with Crippen LogP contribution in [0.1, 0.15) is 24.9 Å². The lowest BCUT2D eigenvalue weighted by atomic mass is 10.3. The van der Waals surface area contributed by atoms with Crippen molar-refractivity contribution in [1.82, 2.24) is 0 Å². The van der Waals surface area contributed by atoms with Crippen LogP contribution >= 0.6 is 0 Å². The third-order valence-electron chi connectivity index (χ3n) is 1.28. The average Bonchev–Trinajstić information content (AvgIpc) is 2.31.